The highest BCUT2D eigenvalue weighted by molar-refractivity contribution is 6.30. The van der Waals surface area contributed by atoms with Crippen LogP contribution in [0.2, 0.25) is 5.02 Å². The minimum atomic E-state index is -0.116. The molecule has 1 saturated heterocycles. The average molecular weight is 331 g/mol. The number of hydrogen-bond acceptors (Lipinski definition) is 3. The van der Waals surface area contributed by atoms with Crippen LogP contribution in [0.15, 0.2) is 48.7 Å². The number of anilines is 1. The first-order chi connectivity index (χ1) is 11.1. The van der Waals surface area contributed by atoms with Crippen LogP contribution in [-0.2, 0) is 16.1 Å². The number of carbonyl (C=O) groups is 1. The Balaban J connectivity index is 1.89. The average Bonchev–Trinajstić information content (AvgIpc) is 3.00. The van der Waals surface area contributed by atoms with Crippen molar-refractivity contribution in [2.75, 3.05) is 11.5 Å². The third kappa shape index (κ3) is 3.71. The van der Waals surface area contributed by atoms with Gasteiger partial charge in [-0.15, -0.1) is 0 Å². The summed E-state index contributed by atoms with van der Waals surface area (Å²) >= 11 is 5.97. The molecule has 0 spiro atoms. The first-order valence-electron chi connectivity index (χ1n) is 7.73. The second-order valence-corrected chi connectivity index (χ2v) is 6.13. The molecule has 0 unspecified atom stereocenters. The van der Waals surface area contributed by atoms with E-state index < -0.39 is 0 Å². The monoisotopic (exact) mass is 330 g/mol. The summed E-state index contributed by atoms with van der Waals surface area (Å²) < 4.78 is 5.56. The van der Waals surface area contributed by atoms with Gasteiger partial charge in [0.15, 0.2) is 0 Å². The molecule has 3 rings (SSSR count). The van der Waals surface area contributed by atoms with Crippen LogP contribution < -0.4 is 4.90 Å². The first kappa shape index (κ1) is 16.0. The molecule has 0 saturated carbocycles. The van der Waals surface area contributed by atoms with Crippen molar-refractivity contribution in [1.82, 2.24) is 4.98 Å². The lowest BCUT2D eigenvalue weighted by Gasteiger charge is -2.26. The highest BCUT2D eigenvalue weighted by Crippen LogP contribution is 2.27. The summed E-state index contributed by atoms with van der Waals surface area (Å²) in [5.41, 5.74) is 1.67. The molecule has 1 amide bonds. The lowest BCUT2D eigenvalue weighted by molar-refractivity contribution is -0.123. The summed E-state index contributed by atoms with van der Waals surface area (Å²) in [5, 5.41) is 0.650. The second kappa shape index (κ2) is 7.11. The molecular formula is C18H19ClN2O2. The van der Waals surface area contributed by atoms with Crippen molar-refractivity contribution in [3.05, 3.63) is 59.4 Å². The molecule has 5 heteroatoms. The number of ether oxygens (including phenoxy) is 1. The van der Waals surface area contributed by atoms with Crippen LogP contribution in [0.25, 0.3) is 0 Å². The molecule has 4 nitrogen and oxygen atoms in total. The molecule has 2 heterocycles. The van der Waals surface area contributed by atoms with Crippen molar-refractivity contribution in [2.45, 2.75) is 26.0 Å². The summed E-state index contributed by atoms with van der Waals surface area (Å²) in [5.74, 6) is -0.0441. The Morgan fingerprint density at radius 2 is 2.09 bits per heavy atom. The third-order valence-corrected chi connectivity index (χ3v) is 4.40. The lowest BCUT2D eigenvalue weighted by Crippen LogP contribution is -2.38. The van der Waals surface area contributed by atoms with Gasteiger partial charge in [-0.1, -0.05) is 17.7 Å². The molecular weight excluding hydrogens is 312 g/mol. The maximum atomic E-state index is 13.0. The van der Waals surface area contributed by atoms with E-state index in [2.05, 4.69) is 4.98 Å². The number of carbonyl (C=O) groups excluding carboxylic acids is 1. The van der Waals surface area contributed by atoms with Gasteiger partial charge in [-0.25, -0.2) is 0 Å². The van der Waals surface area contributed by atoms with E-state index in [1.165, 1.54) is 0 Å². The van der Waals surface area contributed by atoms with E-state index in [4.69, 9.17) is 16.3 Å². The second-order valence-electron chi connectivity index (χ2n) is 5.69. The van der Waals surface area contributed by atoms with Gasteiger partial charge < -0.3 is 9.64 Å². The molecule has 0 N–H and O–H groups in total. The molecule has 2 atom stereocenters. The molecule has 1 aromatic heterocycles. The minimum absolute atomic E-state index is 0.0546. The van der Waals surface area contributed by atoms with Gasteiger partial charge in [0.1, 0.15) is 0 Å². The fraction of sp³-hybridized carbons (Fsp3) is 0.333. The van der Waals surface area contributed by atoms with Gasteiger partial charge >= 0.3 is 0 Å². The normalized spacial score (nSPS) is 20.4. The van der Waals surface area contributed by atoms with E-state index in [0.717, 1.165) is 17.8 Å². The quantitative estimate of drug-likeness (QED) is 0.858. The van der Waals surface area contributed by atoms with Crippen molar-refractivity contribution >= 4 is 23.2 Å². The minimum Gasteiger partial charge on any atom is -0.378 e. The third-order valence-electron chi connectivity index (χ3n) is 4.14. The van der Waals surface area contributed by atoms with Crippen molar-refractivity contribution in [1.29, 1.82) is 0 Å². The van der Waals surface area contributed by atoms with Crippen LogP contribution in [0.5, 0.6) is 0 Å². The molecule has 0 radical (unpaired) electrons. The van der Waals surface area contributed by atoms with E-state index in [-0.39, 0.29) is 17.9 Å². The van der Waals surface area contributed by atoms with Crippen LogP contribution in [0.1, 0.15) is 19.0 Å². The number of rotatable bonds is 4. The van der Waals surface area contributed by atoms with Gasteiger partial charge in [-0.2, -0.15) is 0 Å². The summed E-state index contributed by atoms with van der Waals surface area (Å²) in [6, 6.07) is 13.0. The molecule has 23 heavy (non-hydrogen) atoms. The molecule has 0 bridgehead atoms. The van der Waals surface area contributed by atoms with Crippen molar-refractivity contribution in [3.63, 3.8) is 0 Å². The number of hydrogen-bond donors (Lipinski definition) is 0. The van der Waals surface area contributed by atoms with E-state index in [9.17, 15) is 4.79 Å². The molecule has 1 fully saturated rings. The Kier molecular flexibility index (Phi) is 4.94. The van der Waals surface area contributed by atoms with Gasteiger partial charge in [0.25, 0.3) is 0 Å². The van der Waals surface area contributed by atoms with Crippen molar-refractivity contribution < 1.29 is 9.53 Å². The number of benzene rings is 1. The van der Waals surface area contributed by atoms with Gasteiger partial charge in [0.2, 0.25) is 5.91 Å². The number of nitrogens with zero attached hydrogens (tertiary/aromatic N) is 2. The zero-order valence-corrected chi connectivity index (χ0v) is 13.7. The van der Waals surface area contributed by atoms with Crippen LogP contribution in [0.3, 0.4) is 0 Å². The molecule has 120 valence electrons. The zero-order chi connectivity index (χ0) is 16.2. The number of amides is 1. The fourth-order valence-electron chi connectivity index (χ4n) is 2.83. The summed E-state index contributed by atoms with van der Waals surface area (Å²) in [6.07, 6.45) is 2.44. The topological polar surface area (TPSA) is 42.4 Å². The van der Waals surface area contributed by atoms with E-state index >= 15 is 0 Å². The Labute approximate surface area is 141 Å². The fourth-order valence-corrected chi connectivity index (χ4v) is 2.95. The van der Waals surface area contributed by atoms with E-state index in [1.807, 2.05) is 37.3 Å². The van der Waals surface area contributed by atoms with Crippen molar-refractivity contribution in [2.24, 2.45) is 5.92 Å². The summed E-state index contributed by atoms with van der Waals surface area (Å²) in [7, 11) is 0. The Bertz CT molecular complexity index is 660. The zero-order valence-electron chi connectivity index (χ0n) is 13.0. The van der Waals surface area contributed by atoms with E-state index in [0.29, 0.717) is 18.2 Å². The SMILES string of the molecule is C[C@H]1OCC[C@H]1C(=O)N(Cc1ccccn1)c1ccc(Cl)cc1. The predicted octanol–water partition coefficient (Wildman–Crippen LogP) is 3.69. The Morgan fingerprint density at radius 1 is 1.30 bits per heavy atom. The van der Waals surface area contributed by atoms with E-state index in [1.54, 1.807) is 23.2 Å². The number of halogens is 1. The largest absolute Gasteiger partial charge is 0.378 e. The molecule has 1 aliphatic heterocycles. The van der Waals surface area contributed by atoms with Gasteiger partial charge in [-0.05, 0) is 49.7 Å². The molecule has 1 aliphatic rings. The van der Waals surface area contributed by atoms with Crippen LogP contribution in [0.4, 0.5) is 5.69 Å². The standard InChI is InChI=1S/C18H19ClN2O2/c1-13-17(9-11-23-13)18(22)21(12-15-4-2-3-10-20-15)16-7-5-14(19)6-8-16/h2-8,10,13,17H,9,11-12H2,1H3/t13-,17-/m1/s1. The smallest absolute Gasteiger partial charge is 0.233 e. The molecule has 0 aliphatic carbocycles. The maximum absolute atomic E-state index is 13.0. The Morgan fingerprint density at radius 3 is 2.70 bits per heavy atom. The highest BCUT2D eigenvalue weighted by atomic mass is 35.5. The summed E-state index contributed by atoms with van der Waals surface area (Å²) in [4.78, 5) is 19.1. The van der Waals surface area contributed by atoms with Gasteiger partial charge in [0.05, 0.1) is 24.3 Å². The lowest BCUT2D eigenvalue weighted by atomic mass is 10.0. The Hall–Kier alpha value is -1.91. The summed E-state index contributed by atoms with van der Waals surface area (Å²) in [6.45, 7) is 3.02. The number of aromatic nitrogens is 1. The first-order valence-corrected chi connectivity index (χ1v) is 8.11. The van der Waals surface area contributed by atoms with Crippen LogP contribution >= 0.6 is 11.6 Å². The van der Waals surface area contributed by atoms with Gasteiger partial charge in [-0.3, -0.25) is 9.78 Å². The van der Waals surface area contributed by atoms with Crippen molar-refractivity contribution in [3.8, 4) is 0 Å². The van der Waals surface area contributed by atoms with Gasteiger partial charge in [0, 0.05) is 23.5 Å². The number of pyridine rings is 1. The predicted molar refractivity (Wildman–Crippen MR) is 90.4 cm³/mol. The van der Waals surface area contributed by atoms with Crippen LogP contribution in [0, 0.1) is 5.92 Å². The molecule has 1 aromatic carbocycles. The maximum Gasteiger partial charge on any atom is 0.233 e. The van der Waals surface area contributed by atoms with Crippen LogP contribution in [-0.4, -0.2) is 23.6 Å². The highest BCUT2D eigenvalue weighted by Gasteiger charge is 2.34. The molecule has 2 aromatic rings.